The van der Waals surface area contributed by atoms with Crippen molar-refractivity contribution in [1.29, 1.82) is 5.26 Å². The third kappa shape index (κ3) is 3.80. The van der Waals surface area contributed by atoms with Crippen LogP contribution in [0.4, 0.5) is 0 Å². The first-order valence-electron chi connectivity index (χ1n) is 4.28. The molecule has 1 N–H and O–H groups in total. The van der Waals surface area contributed by atoms with Crippen LogP contribution in [0.2, 0.25) is 0 Å². The quantitative estimate of drug-likeness (QED) is 0.698. The predicted octanol–water partition coefficient (Wildman–Crippen LogP) is 0.565. The van der Waals surface area contributed by atoms with Gasteiger partial charge >= 0.3 is 5.97 Å². The number of thioether (sulfide) groups is 1. The third-order valence-electron chi connectivity index (χ3n) is 2.13. The zero-order valence-corrected chi connectivity index (χ0v) is 9.80. The van der Waals surface area contributed by atoms with Crippen molar-refractivity contribution in [2.24, 2.45) is 0 Å². The number of aliphatic carboxylic acids is 1. The molecule has 0 aromatic rings. The molecule has 0 radical (unpaired) electrons. The van der Waals surface area contributed by atoms with Crippen molar-refractivity contribution < 1.29 is 14.7 Å². The molecule has 0 atom stereocenters. The Morgan fingerprint density at radius 2 is 2.07 bits per heavy atom. The van der Waals surface area contributed by atoms with Crippen LogP contribution in [0.15, 0.2) is 0 Å². The van der Waals surface area contributed by atoms with Gasteiger partial charge in [-0.1, -0.05) is 0 Å². The van der Waals surface area contributed by atoms with Gasteiger partial charge in [-0.2, -0.15) is 5.26 Å². The first-order valence-corrected chi connectivity index (χ1v) is 5.44. The van der Waals surface area contributed by atoms with Crippen LogP contribution in [0.5, 0.6) is 0 Å². The lowest BCUT2D eigenvalue weighted by Crippen LogP contribution is -2.51. The normalized spacial score (nSPS) is 10.5. The SMILES string of the molecule is CN(C(=O)CSCC#N)C(C)(C)C(=O)O. The number of hydrogen-bond donors (Lipinski definition) is 1. The van der Waals surface area contributed by atoms with E-state index in [2.05, 4.69) is 0 Å². The number of carbonyl (C=O) groups is 2. The molecule has 0 bridgehead atoms. The largest absolute Gasteiger partial charge is 0.480 e. The molecular formula is C9H14N2O3S. The zero-order chi connectivity index (χ0) is 12.1. The molecule has 0 aromatic heterocycles. The summed E-state index contributed by atoms with van der Waals surface area (Å²) in [6.07, 6.45) is 0. The Morgan fingerprint density at radius 1 is 1.53 bits per heavy atom. The second-order valence-electron chi connectivity index (χ2n) is 3.47. The van der Waals surface area contributed by atoms with Crippen molar-refractivity contribution in [2.75, 3.05) is 18.6 Å². The molecule has 0 fully saturated rings. The van der Waals surface area contributed by atoms with E-state index in [1.54, 1.807) is 0 Å². The van der Waals surface area contributed by atoms with Gasteiger partial charge in [-0.3, -0.25) is 4.79 Å². The van der Waals surface area contributed by atoms with E-state index in [4.69, 9.17) is 10.4 Å². The van der Waals surface area contributed by atoms with Crippen LogP contribution < -0.4 is 0 Å². The molecule has 0 aromatic carbocycles. The van der Waals surface area contributed by atoms with E-state index in [-0.39, 0.29) is 17.4 Å². The molecule has 1 amide bonds. The van der Waals surface area contributed by atoms with Crippen molar-refractivity contribution in [3.63, 3.8) is 0 Å². The van der Waals surface area contributed by atoms with Crippen molar-refractivity contribution in [3.8, 4) is 6.07 Å². The van der Waals surface area contributed by atoms with E-state index in [0.717, 1.165) is 0 Å². The fourth-order valence-electron chi connectivity index (χ4n) is 0.736. The average Bonchev–Trinajstić information content (AvgIpc) is 2.16. The summed E-state index contributed by atoms with van der Waals surface area (Å²) in [5.74, 6) is -0.986. The number of rotatable bonds is 5. The summed E-state index contributed by atoms with van der Waals surface area (Å²) in [5.41, 5.74) is -1.22. The van der Waals surface area contributed by atoms with Gasteiger partial charge in [-0.15, -0.1) is 11.8 Å². The molecule has 0 aliphatic carbocycles. The number of amides is 1. The van der Waals surface area contributed by atoms with Crippen molar-refractivity contribution in [2.45, 2.75) is 19.4 Å². The van der Waals surface area contributed by atoms with Gasteiger partial charge in [0.05, 0.1) is 17.6 Å². The minimum atomic E-state index is -1.22. The first kappa shape index (κ1) is 13.8. The third-order valence-corrected chi connectivity index (χ3v) is 2.91. The van der Waals surface area contributed by atoms with E-state index < -0.39 is 11.5 Å². The number of hydrogen-bond acceptors (Lipinski definition) is 4. The molecular weight excluding hydrogens is 216 g/mol. The minimum Gasteiger partial charge on any atom is -0.480 e. The molecule has 0 aliphatic heterocycles. The Balaban J connectivity index is 4.33. The van der Waals surface area contributed by atoms with Crippen LogP contribution in [0, 0.1) is 11.3 Å². The van der Waals surface area contributed by atoms with Crippen molar-refractivity contribution in [1.82, 2.24) is 4.90 Å². The monoisotopic (exact) mass is 230 g/mol. The summed E-state index contributed by atoms with van der Waals surface area (Å²) in [6, 6.07) is 1.90. The van der Waals surface area contributed by atoms with E-state index in [0.29, 0.717) is 0 Å². The number of carboxylic acid groups (broad SMARTS) is 1. The van der Waals surface area contributed by atoms with Crippen LogP contribution in [-0.4, -0.2) is 46.0 Å². The fourth-order valence-corrected chi connectivity index (χ4v) is 1.30. The van der Waals surface area contributed by atoms with E-state index in [1.165, 1.54) is 37.6 Å². The van der Waals surface area contributed by atoms with Gasteiger partial charge in [0.15, 0.2) is 0 Å². The molecule has 0 saturated carbocycles. The molecule has 5 nitrogen and oxygen atoms in total. The van der Waals surface area contributed by atoms with E-state index in [1.807, 2.05) is 6.07 Å². The van der Waals surface area contributed by atoms with Crippen LogP contribution in [0.3, 0.4) is 0 Å². The van der Waals surface area contributed by atoms with Crippen LogP contribution >= 0.6 is 11.8 Å². The number of nitrogens with zero attached hydrogens (tertiary/aromatic N) is 2. The standard InChI is InChI=1S/C9H14N2O3S/c1-9(2,8(13)14)11(3)7(12)6-15-5-4-10/h5-6H2,1-3H3,(H,13,14). The van der Waals surface area contributed by atoms with Gasteiger partial charge < -0.3 is 10.0 Å². The Bertz CT molecular complexity index is 296. The maximum atomic E-state index is 11.5. The Labute approximate surface area is 93.1 Å². The van der Waals surface area contributed by atoms with Crippen LogP contribution in [0.25, 0.3) is 0 Å². The average molecular weight is 230 g/mol. The molecule has 15 heavy (non-hydrogen) atoms. The molecule has 0 aliphatic rings. The highest BCUT2D eigenvalue weighted by molar-refractivity contribution is 8.00. The lowest BCUT2D eigenvalue weighted by atomic mass is 10.0. The van der Waals surface area contributed by atoms with Gasteiger partial charge in [-0.05, 0) is 13.8 Å². The first-order chi connectivity index (χ1) is 6.84. The second-order valence-corrected chi connectivity index (χ2v) is 4.45. The van der Waals surface area contributed by atoms with Gasteiger partial charge in [0.1, 0.15) is 5.54 Å². The van der Waals surface area contributed by atoms with Gasteiger partial charge in [0.2, 0.25) is 5.91 Å². The second kappa shape index (κ2) is 5.61. The summed E-state index contributed by atoms with van der Waals surface area (Å²) in [4.78, 5) is 23.5. The Hall–Kier alpha value is -1.22. The Morgan fingerprint density at radius 3 is 2.47 bits per heavy atom. The molecule has 6 heteroatoms. The smallest absolute Gasteiger partial charge is 0.329 e. The van der Waals surface area contributed by atoms with Crippen LogP contribution in [-0.2, 0) is 9.59 Å². The highest BCUT2D eigenvalue weighted by Crippen LogP contribution is 2.14. The maximum absolute atomic E-state index is 11.5. The zero-order valence-electron chi connectivity index (χ0n) is 8.98. The van der Waals surface area contributed by atoms with Gasteiger partial charge in [0.25, 0.3) is 0 Å². The number of carbonyl (C=O) groups excluding carboxylic acids is 1. The lowest BCUT2D eigenvalue weighted by molar-refractivity contribution is -0.154. The molecule has 0 rings (SSSR count). The fraction of sp³-hybridized carbons (Fsp3) is 0.667. The lowest BCUT2D eigenvalue weighted by Gasteiger charge is -2.31. The summed E-state index contributed by atoms with van der Waals surface area (Å²) in [6.45, 7) is 2.92. The topological polar surface area (TPSA) is 81.4 Å². The number of carboxylic acids is 1. The predicted molar refractivity (Wildman–Crippen MR) is 57.4 cm³/mol. The van der Waals surface area contributed by atoms with E-state index >= 15 is 0 Å². The highest BCUT2D eigenvalue weighted by atomic mass is 32.2. The van der Waals surface area contributed by atoms with Gasteiger partial charge in [0, 0.05) is 7.05 Å². The van der Waals surface area contributed by atoms with E-state index in [9.17, 15) is 9.59 Å². The van der Waals surface area contributed by atoms with Crippen molar-refractivity contribution >= 4 is 23.6 Å². The van der Waals surface area contributed by atoms with Crippen molar-refractivity contribution in [3.05, 3.63) is 0 Å². The van der Waals surface area contributed by atoms with Gasteiger partial charge in [-0.25, -0.2) is 4.79 Å². The minimum absolute atomic E-state index is 0.126. The summed E-state index contributed by atoms with van der Waals surface area (Å²) >= 11 is 1.17. The molecule has 0 saturated heterocycles. The summed E-state index contributed by atoms with van der Waals surface area (Å²) in [5, 5.41) is 17.2. The number of likely N-dealkylation sites (N-methyl/N-ethyl adjacent to an activating group) is 1. The Kier molecular flexibility index (Phi) is 5.15. The molecule has 0 unspecified atom stereocenters. The number of nitriles is 1. The molecule has 0 spiro atoms. The molecule has 84 valence electrons. The van der Waals surface area contributed by atoms with Crippen LogP contribution in [0.1, 0.15) is 13.8 Å². The molecule has 0 heterocycles. The highest BCUT2D eigenvalue weighted by Gasteiger charge is 2.34. The summed E-state index contributed by atoms with van der Waals surface area (Å²) < 4.78 is 0. The maximum Gasteiger partial charge on any atom is 0.329 e. The summed E-state index contributed by atoms with van der Waals surface area (Å²) in [7, 11) is 1.45.